The lowest BCUT2D eigenvalue weighted by Crippen LogP contribution is -2.03. The van der Waals surface area contributed by atoms with E-state index in [0.29, 0.717) is 5.92 Å². The highest BCUT2D eigenvalue weighted by Gasteiger charge is 2.27. The highest BCUT2D eigenvalue weighted by Crippen LogP contribution is 2.43. The number of allylic oxidation sites excluding steroid dienone is 8. The van der Waals surface area contributed by atoms with Crippen LogP contribution in [0.4, 0.5) is 0 Å². The maximum Gasteiger partial charge on any atom is 0.00978 e. The molecule has 1 unspecified atom stereocenters. The SMILES string of the molecule is C=CC1=C(C=C)C(CC)C(/C(C)=C\C)=C1C. The van der Waals surface area contributed by atoms with Crippen molar-refractivity contribution in [3.05, 3.63) is 59.3 Å². The predicted octanol–water partition coefficient (Wildman–Crippen LogP) is 4.98. The quantitative estimate of drug-likeness (QED) is 0.619. The second kappa shape index (κ2) is 5.16. The predicted molar refractivity (Wildman–Crippen MR) is 73.3 cm³/mol. The molecule has 0 aromatic carbocycles. The minimum Gasteiger partial charge on any atom is -0.0987 e. The van der Waals surface area contributed by atoms with Crippen molar-refractivity contribution in [3.63, 3.8) is 0 Å². The number of hydrogen-bond acceptors (Lipinski definition) is 0. The summed E-state index contributed by atoms with van der Waals surface area (Å²) in [6.07, 6.45) is 7.26. The lowest BCUT2D eigenvalue weighted by molar-refractivity contribution is 0.715. The molecule has 0 aliphatic heterocycles. The van der Waals surface area contributed by atoms with Crippen molar-refractivity contribution in [2.75, 3.05) is 0 Å². The van der Waals surface area contributed by atoms with E-state index in [1.165, 1.54) is 27.9 Å². The van der Waals surface area contributed by atoms with Crippen LogP contribution >= 0.6 is 0 Å². The van der Waals surface area contributed by atoms with Gasteiger partial charge in [0, 0.05) is 5.92 Å². The fraction of sp³-hybridized carbons (Fsp3) is 0.375. The molecule has 0 radical (unpaired) electrons. The van der Waals surface area contributed by atoms with Crippen molar-refractivity contribution in [2.24, 2.45) is 5.92 Å². The Morgan fingerprint density at radius 3 is 2.31 bits per heavy atom. The maximum absolute atomic E-state index is 3.94. The zero-order chi connectivity index (χ0) is 12.3. The van der Waals surface area contributed by atoms with Gasteiger partial charge in [-0.2, -0.15) is 0 Å². The Balaban J connectivity index is 3.38. The zero-order valence-electron chi connectivity index (χ0n) is 10.9. The van der Waals surface area contributed by atoms with Crippen LogP contribution in [0.3, 0.4) is 0 Å². The second-order valence-corrected chi connectivity index (χ2v) is 4.25. The molecule has 16 heavy (non-hydrogen) atoms. The van der Waals surface area contributed by atoms with Crippen LogP contribution in [0.25, 0.3) is 0 Å². The monoisotopic (exact) mass is 214 g/mol. The molecule has 0 heterocycles. The van der Waals surface area contributed by atoms with Crippen LogP contribution in [0.15, 0.2) is 59.3 Å². The Morgan fingerprint density at radius 2 is 1.94 bits per heavy atom. The summed E-state index contributed by atoms with van der Waals surface area (Å²) in [4.78, 5) is 0. The van der Waals surface area contributed by atoms with Crippen LogP contribution in [0.2, 0.25) is 0 Å². The fourth-order valence-corrected chi connectivity index (χ4v) is 2.64. The fourth-order valence-electron chi connectivity index (χ4n) is 2.64. The van der Waals surface area contributed by atoms with Crippen molar-refractivity contribution < 1.29 is 0 Å². The highest BCUT2D eigenvalue weighted by atomic mass is 14.3. The summed E-state index contributed by atoms with van der Waals surface area (Å²) in [5, 5.41) is 0. The van der Waals surface area contributed by atoms with Crippen LogP contribution in [0.5, 0.6) is 0 Å². The van der Waals surface area contributed by atoms with E-state index in [2.05, 4.69) is 46.9 Å². The molecule has 0 N–H and O–H groups in total. The van der Waals surface area contributed by atoms with E-state index >= 15 is 0 Å². The molecule has 1 aliphatic rings. The summed E-state index contributed by atoms with van der Waals surface area (Å²) in [7, 11) is 0. The standard InChI is InChI=1S/C16H22/c1-7-11(5)16-12(6)13(8-2)14(9-3)15(16)10-4/h7-9,15H,2-3,10H2,1,4-6H3/b11-7-. The molecule has 0 bridgehead atoms. The van der Waals surface area contributed by atoms with Crippen molar-refractivity contribution >= 4 is 0 Å². The zero-order valence-corrected chi connectivity index (χ0v) is 10.9. The van der Waals surface area contributed by atoms with Gasteiger partial charge in [0.2, 0.25) is 0 Å². The van der Waals surface area contributed by atoms with Crippen molar-refractivity contribution in [2.45, 2.75) is 34.1 Å². The van der Waals surface area contributed by atoms with Gasteiger partial charge in [-0.15, -0.1) is 0 Å². The molecule has 0 aromatic rings. The van der Waals surface area contributed by atoms with E-state index in [-0.39, 0.29) is 0 Å². The largest absolute Gasteiger partial charge is 0.0987 e. The maximum atomic E-state index is 3.94. The van der Waals surface area contributed by atoms with E-state index in [1.54, 1.807) is 0 Å². The Morgan fingerprint density at radius 1 is 1.31 bits per heavy atom. The molecule has 0 amide bonds. The molecule has 0 aromatic heterocycles. The lowest BCUT2D eigenvalue weighted by atomic mass is 9.88. The first-order valence-corrected chi connectivity index (χ1v) is 5.95. The van der Waals surface area contributed by atoms with Crippen LogP contribution in [-0.2, 0) is 0 Å². The first-order valence-electron chi connectivity index (χ1n) is 5.95. The molecule has 86 valence electrons. The molecular formula is C16H22. The first-order chi connectivity index (χ1) is 7.62. The van der Waals surface area contributed by atoms with E-state index in [9.17, 15) is 0 Å². The molecule has 0 spiro atoms. The van der Waals surface area contributed by atoms with Gasteiger partial charge in [0.15, 0.2) is 0 Å². The van der Waals surface area contributed by atoms with Gasteiger partial charge in [-0.3, -0.25) is 0 Å². The highest BCUT2D eigenvalue weighted by molar-refractivity contribution is 5.61. The van der Waals surface area contributed by atoms with Crippen LogP contribution in [0.1, 0.15) is 34.1 Å². The average molecular weight is 214 g/mol. The van der Waals surface area contributed by atoms with Gasteiger partial charge in [0.1, 0.15) is 0 Å². The third kappa shape index (κ3) is 1.84. The molecule has 0 fully saturated rings. The molecule has 0 saturated heterocycles. The lowest BCUT2D eigenvalue weighted by Gasteiger charge is -2.16. The van der Waals surface area contributed by atoms with Gasteiger partial charge in [-0.25, -0.2) is 0 Å². The Kier molecular flexibility index (Phi) is 4.12. The van der Waals surface area contributed by atoms with E-state index in [4.69, 9.17) is 0 Å². The minimum atomic E-state index is 0.502. The van der Waals surface area contributed by atoms with E-state index in [0.717, 1.165) is 6.42 Å². The summed E-state index contributed by atoms with van der Waals surface area (Å²) >= 11 is 0. The topological polar surface area (TPSA) is 0 Å². The van der Waals surface area contributed by atoms with Crippen molar-refractivity contribution in [1.82, 2.24) is 0 Å². The molecule has 0 heteroatoms. The Bertz CT molecular complexity index is 400. The molecule has 1 atom stereocenters. The summed E-state index contributed by atoms with van der Waals surface area (Å²) in [5.74, 6) is 0.502. The second-order valence-electron chi connectivity index (χ2n) is 4.25. The van der Waals surface area contributed by atoms with Crippen molar-refractivity contribution in [3.8, 4) is 0 Å². The Hall–Kier alpha value is -1.30. The third-order valence-corrected chi connectivity index (χ3v) is 3.53. The molecule has 0 saturated carbocycles. The summed E-state index contributed by atoms with van der Waals surface area (Å²) in [6.45, 7) is 16.6. The summed E-state index contributed by atoms with van der Waals surface area (Å²) in [5.41, 5.74) is 6.83. The third-order valence-electron chi connectivity index (χ3n) is 3.53. The smallest absolute Gasteiger partial charge is 0.00978 e. The van der Waals surface area contributed by atoms with Crippen molar-refractivity contribution in [1.29, 1.82) is 0 Å². The van der Waals surface area contributed by atoms with Crippen LogP contribution in [-0.4, -0.2) is 0 Å². The molecule has 1 rings (SSSR count). The minimum absolute atomic E-state index is 0.502. The number of rotatable bonds is 4. The van der Waals surface area contributed by atoms with Gasteiger partial charge in [-0.1, -0.05) is 43.9 Å². The molecule has 0 nitrogen and oxygen atoms in total. The van der Waals surface area contributed by atoms with Crippen LogP contribution < -0.4 is 0 Å². The first kappa shape index (κ1) is 12.8. The van der Waals surface area contributed by atoms with Gasteiger partial charge in [0.25, 0.3) is 0 Å². The van der Waals surface area contributed by atoms with Gasteiger partial charge in [0.05, 0.1) is 0 Å². The summed E-state index contributed by atoms with van der Waals surface area (Å²) in [6, 6.07) is 0. The molecule has 1 aliphatic carbocycles. The Labute approximate surface area is 99.8 Å². The number of hydrogen-bond donors (Lipinski definition) is 0. The van der Waals surface area contributed by atoms with Gasteiger partial charge >= 0.3 is 0 Å². The van der Waals surface area contributed by atoms with E-state index < -0.39 is 0 Å². The van der Waals surface area contributed by atoms with Crippen LogP contribution in [0, 0.1) is 5.92 Å². The van der Waals surface area contributed by atoms with E-state index in [1.807, 2.05) is 12.2 Å². The average Bonchev–Trinajstić information content (AvgIpc) is 2.59. The molecular weight excluding hydrogens is 192 g/mol. The normalized spacial score (nSPS) is 21.8. The summed E-state index contributed by atoms with van der Waals surface area (Å²) < 4.78 is 0. The van der Waals surface area contributed by atoms with Gasteiger partial charge in [-0.05, 0) is 49.5 Å². The van der Waals surface area contributed by atoms with Gasteiger partial charge < -0.3 is 0 Å².